The summed E-state index contributed by atoms with van der Waals surface area (Å²) in [6, 6.07) is 9.55. The number of nitriles is 1. The van der Waals surface area contributed by atoms with Crippen LogP contribution in [0, 0.1) is 11.3 Å². The van der Waals surface area contributed by atoms with E-state index in [-0.39, 0.29) is 0 Å². The smallest absolute Gasteiger partial charge is 0.0991 e. The Bertz CT molecular complexity index is 367. The summed E-state index contributed by atoms with van der Waals surface area (Å²) in [5.41, 5.74) is 2.90. The molecule has 0 spiro atoms. The Kier molecular flexibility index (Phi) is 3.71. The van der Waals surface area contributed by atoms with Gasteiger partial charge in [-0.15, -0.1) is 0 Å². The molecule has 0 amide bonds. The summed E-state index contributed by atoms with van der Waals surface area (Å²) in [7, 11) is 0. The molecule has 0 aromatic heterocycles. The maximum atomic E-state index is 8.60. The highest BCUT2D eigenvalue weighted by molar-refractivity contribution is 9.28. The molecule has 0 radical (unpaired) electrons. The van der Waals surface area contributed by atoms with Gasteiger partial charge in [-0.2, -0.15) is 5.26 Å². The van der Waals surface area contributed by atoms with E-state index < -0.39 is 0 Å². The lowest BCUT2D eigenvalue weighted by Gasteiger charge is -2.01. The lowest BCUT2D eigenvalue weighted by molar-refractivity contribution is 1.47. The molecule has 1 rings (SSSR count). The van der Waals surface area contributed by atoms with Crippen molar-refractivity contribution in [2.45, 2.75) is 6.92 Å². The van der Waals surface area contributed by atoms with Crippen molar-refractivity contribution in [2.24, 2.45) is 0 Å². The molecule has 1 aromatic carbocycles. The summed E-state index contributed by atoms with van der Waals surface area (Å²) >= 11 is 6.69. The van der Waals surface area contributed by atoms with Crippen LogP contribution in [0.4, 0.5) is 0 Å². The number of nitrogens with zero attached hydrogens (tertiary/aromatic N) is 1. The fourth-order valence-electron chi connectivity index (χ4n) is 0.904. The van der Waals surface area contributed by atoms with Crippen LogP contribution < -0.4 is 0 Å². The average Bonchev–Trinajstić information content (AvgIpc) is 2.17. The maximum Gasteiger partial charge on any atom is 0.0991 e. The summed E-state index contributed by atoms with van der Waals surface area (Å²) in [5, 5.41) is 8.60. The molecule has 0 fully saturated rings. The third kappa shape index (κ3) is 2.68. The molecule has 1 nitrogen and oxygen atoms in total. The van der Waals surface area contributed by atoms with Gasteiger partial charge < -0.3 is 0 Å². The third-order valence-electron chi connectivity index (χ3n) is 1.73. The second-order valence-electron chi connectivity index (χ2n) is 2.57. The van der Waals surface area contributed by atoms with Crippen LogP contribution >= 0.6 is 31.9 Å². The predicted octanol–water partition coefficient (Wildman–Crippen LogP) is 4.04. The molecular weight excluding hydrogens is 294 g/mol. The average molecular weight is 301 g/mol. The van der Waals surface area contributed by atoms with E-state index in [1.54, 1.807) is 0 Å². The van der Waals surface area contributed by atoms with Crippen molar-refractivity contribution in [3.63, 3.8) is 0 Å². The quantitative estimate of drug-likeness (QED) is 0.768. The van der Waals surface area contributed by atoms with Crippen molar-refractivity contribution >= 4 is 37.4 Å². The van der Waals surface area contributed by atoms with Crippen molar-refractivity contribution in [3.8, 4) is 6.07 Å². The van der Waals surface area contributed by atoms with Gasteiger partial charge in [-0.25, -0.2) is 0 Å². The van der Waals surface area contributed by atoms with Gasteiger partial charge in [-0.3, -0.25) is 0 Å². The first kappa shape index (κ1) is 10.5. The molecule has 3 heteroatoms. The lowest BCUT2D eigenvalue weighted by Crippen LogP contribution is -1.80. The number of allylic oxidation sites excluding steroid dienone is 1. The molecule has 66 valence electrons. The van der Waals surface area contributed by atoms with Crippen molar-refractivity contribution < 1.29 is 0 Å². The van der Waals surface area contributed by atoms with Gasteiger partial charge in [0, 0.05) is 0 Å². The number of rotatable bonds is 1. The first-order valence-corrected chi connectivity index (χ1v) is 5.26. The van der Waals surface area contributed by atoms with Gasteiger partial charge in [0.25, 0.3) is 0 Å². The highest BCUT2D eigenvalue weighted by atomic mass is 79.9. The molecule has 1 aromatic rings. The molecule has 0 heterocycles. The minimum absolute atomic E-state index is 0.683. The first-order valence-electron chi connectivity index (χ1n) is 3.67. The zero-order valence-corrected chi connectivity index (χ0v) is 10.2. The van der Waals surface area contributed by atoms with Crippen LogP contribution in [-0.4, -0.2) is 0 Å². The van der Waals surface area contributed by atoms with Gasteiger partial charge in [0.2, 0.25) is 0 Å². The summed E-state index contributed by atoms with van der Waals surface area (Å²) < 4.78 is 0.935. The van der Waals surface area contributed by atoms with Crippen LogP contribution in [0.2, 0.25) is 0 Å². The van der Waals surface area contributed by atoms with Crippen molar-refractivity contribution in [1.29, 1.82) is 5.26 Å². The summed E-state index contributed by atoms with van der Waals surface area (Å²) in [4.78, 5) is 0. The van der Waals surface area contributed by atoms with Crippen LogP contribution in [0.25, 0.3) is 5.57 Å². The molecule has 0 N–H and O–H groups in total. The summed E-state index contributed by atoms with van der Waals surface area (Å²) in [5.74, 6) is 0. The zero-order valence-electron chi connectivity index (χ0n) is 7.01. The zero-order chi connectivity index (χ0) is 9.84. The normalized spacial score (nSPS) is 9.08. The van der Waals surface area contributed by atoms with E-state index in [4.69, 9.17) is 5.26 Å². The number of hydrogen-bond acceptors (Lipinski definition) is 1. The lowest BCUT2D eigenvalue weighted by atomic mass is 10.1. The van der Waals surface area contributed by atoms with E-state index in [2.05, 4.69) is 37.9 Å². The molecule has 0 aliphatic rings. The largest absolute Gasteiger partial charge is 0.192 e. The SMILES string of the molecule is CC(=C(Br)Br)c1ccc(C#N)cc1. The van der Waals surface area contributed by atoms with E-state index in [0.29, 0.717) is 5.56 Å². The molecule has 0 saturated carbocycles. The molecule has 0 atom stereocenters. The molecule has 0 bridgehead atoms. The maximum absolute atomic E-state index is 8.60. The highest BCUT2D eigenvalue weighted by Gasteiger charge is 1.99. The Hall–Kier alpha value is -0.590. The minimum atomic E-state index is 0.683. The topological polar surface area (TPSA) is 23.8 Å². The van der Waals surface area contributed by atoms with Gasteiger partial charge in [0.15, 0.2) is 0 Å². The Balaban J connectivity index is 3.08. The van der Waals surface area contributed by atoms with Crippen molar-refractivity contribution in [2.75, 3.05) is 0 Å². The molecule has 0 aliphatic carbocycles. The van der Waals surface area contributed by atoms with E-state index in [0.717, 1.165) is 14.5 Å². The van der Waals surface area contributed by atoms with Crippen LogP contribution in [0.15, 0.2) is 27.7 Å². The molecule has 0 unspecified atom stereocenters. The van der Waals surface area contributed by atoms with E-state index in [1.165, 1.54) is 0 Å². The Morgan fingerprint density at radius 1 is 1.23 bits per heavy atom. The number of hydrogen-bond donors (Lipinski definition) is 0. The Labute approximate surface area is 94.3 Å². The van der Waals surface area contributed by atoms with Gasteiger partial charge in [-0.1, -0.05) is 12.1 Å². The van der Waals surface area contributed by atoms with E-state index in [9.17, 15) is 0 Å². The fourth-order valence-corrected chi connectivity index (χ4v) is 1.36. The molecule has 13 heavy (non-hydrogen) atoms. The third-order valence-corrected chi connectivity index (χ3v) is 2.92. The molecule has 0 aliphatic heterocycles. The van der Waals surface area contributed by atoms with Gasteiger partial charge in [0.05, 0.1) is 15.0 Å². The molecular formula is C10H7Br2N. The Morgan fingerprint density at radius 3 is 2.15 bits per heavy atom. The predicted molar refractivity (Wildman–Crippen MR) is 61.6 cm³/mol. The second-order valence-corrected chi connectivity index (χ2v) is 5.22. The van der Waals surface area contributed by atoms with Gasteiger partial charge in [-0.05, 0) is 62.1 Å². The van der Waals surface area contributed by atoms with Crippen LogP contribution in [0.1, 0.15) is 18.1 Å². The second kappa shape index (κ2) is 4.59. The summed E-state index contributed by atoms with van der Waals surface area (Å²) in [6.45, 7) is 2.00. The number of benzene rings is 1. The van der Waals surface area contributed by atoms with Gasteiger partial charge in [0.1, 0.15) is 0 Å². The Morgan fingerprint density at radius 2 is 1.77 bits per heavy atom. The first-order chi connectivity index (χ1) is 6.15. The van der Waals surface area contributed by atoms with Crippen molar-refractivity contribution in [1.82, 2.24) is 0 Å². The standard InChI is InChI=1S/C10H7Br2N/c1-7(10(11)12)9-4-2-8(6-13)3-5-9/h2-5H,1H3. The van der Waals surface area contributed by atoms with Crippen LogP contribution in [0.3, 0.4) is 0 Å². The van der Waals surface area contributed by atoms with E-state index >= 15 is 0 Å². The van der Waals surface area contributed by atoms with E-state index in [1.807, 2.05) is 31.2 Å². The van der Waals surface area contributed by atoms with Crippen molar-refractivity contribution in [3.05, 3.63) is 38.8 Å². The fraction of sp³-hybridized carbons (Fsp3) is 0.100. The van der Waals surface area contributed by atoms with Crippen LogP contribution in [0.5, 0.6) is 0 Å². The molecule has 0 saturated heterocycles. The highest BCUT2D eigenvalue weighted by Crippen LogP contribution is 2.26. The number of halogens is 2. The summed E-state index contributed by atoms with van der Waals surface area (Å²) in [6.07, 6.45) is 0. The minimum Gasteiger partial charge on any atom is -0.192 e. The van der Waals surface area contributed by atoms with Gasteiger partial charge >= 0.3 is 0 Å². The monoisotopic (exact) mass is 299 g/mol. The van der Waals surface area contributed by atoms with Crippen LogP contribution in [-0.2, 0) is 0 Å².